The normalized spacial score (nSPS) is 9.76. The Morgan fingerprint density at radius 1 is 1.29 bits per heavy atom. The van der Waals surface area contributed by atoms with Gasteiger partial charge in [-0.25, -0.2) is 9.18 Å². The second-order valence-corrected chi connectivity index (χ2v) is 4.35. The van der Waals surface area contributed by atoms with Crippen LogP contribution in [0.5, 0.6) is 0 Å². The van der Waals surface area contributed by atoms with Crippen molar-refractivity contribution in [3.63, 3.8) is 0 Å². The minimum absolute atomic E-state index is 0.0837. The summed E-state index contributed by atoms with van der Waals surface area (Å²) in [5.41, 5.74) is 2.02. The number of nitrogens with zero attached hydrogens (tertiary/aromatic N) is 1. The van der Waals surface area contributed by atoms with Crippen LogP contribution in [0.3, 0.4) is 0 Å². The van der Waals surface area contributed by atoms with Gasteiger partial charge in [-0.2, -0.15) is 5.26 Å². The lowest BCUT2D eigenvalue weighted by molar-refractivity contribution is 0.0595. The van der Waals surface area contributed by atoms with Gasteiger partial charge in [0, 0.05) is 12.2 Å². The van der Waals surface area contributed by atoms with Crippen LogP contribution in [0.1, 0.15) is 21.5 Å². The summed E-state index contributed by atoms with van der Waals surface area (Å²) in [6.07, 6.45) is 0. The van der Waals surface area contributed by atoms with Crippen LogP contribution in [-0.4, -0.2) is 13.1 Å². The lowest BCUT2D eigenvalue weighted by Crippen LogP contribution is -2.06. The Morgan fingerprint density at radius 3 is 2.57 bits per heavy atom. The first-order valence-corrected chi connectivity index (χ1v) is 6.25. The Bertz CT molecular complexity index is 690. The Labute approximate surface area is 121 Å². The van der Waals surface area contributed by atoms with Crippen molar-refractivity contribution < 1.29 is 13.9 Å². The van der Waals surface area contributed by atoms with Crippen LogP contribution in [0, 0.1) is 17.1 Å². The van der Waals surface area contributed by atoms with Crippen molar-refractivity contribution in [2.24, 2.45) is 0 Å². The molecule has 0 fully saturated rings. The van der Waals surface area contributed by atoms with Gasteiger partial charge < -0.3 is 10.1 Å². The van der Waals surface area contributed by atoms with E-state index in [0.717, 1.165) is 5.69 Å². The molecule has 0 aliphatic heterocycles. The number of ether oxygens (including phenoxy) is 1. The number of benzene rings is 2. The van der Waals surface area contributed by atoms with E-state index in [2.05, 4.69) is 10.1 Å². The number of methoxy groups -OCH3 is 1. The highest BCUT2D eigenvalue weighted by molar-refractivity contribution is 5.89. The molecule has 2 rings (SSSR count). The third-order valence-electron chi connectivity index (χ3n) is 2.95. The SMILES string of the molecule is COC(=O)c1ccc(CNc2ccc(C#N)cc2)cc1F. The van der Waals surface area contributed by atoms with E-state index in [-0.39, 0.29) is 5.56 Å². The maximum absolute atomic E-state index is 13.7. The minimum Gasteiger partial charge on any atom is -0.465 e. The molecule has 0 aromatic heterocycles. The largest absolute Gasteiger partial charge is 0.465 e. The van der Waals surface area contributed by atoms with Crippen molar-refractivity contribution in [1.29, 1.82) is 5.26 Å². The molecule has 0 saturated heterocycles. The molecule has 0 radical (unpaired) electrons. The molecule has 0 atom stereocenters. The number of carbonyl (C=O) groups is 1. The van der Waals surface area contributed by atoms with Crippen molar-refractivity contribution >= 4 is 11.7 Å². The van der Waals surface area contributed by atoms with E-state index in [4.69, 9.17) is 5.26 Å². The molecule has 4 nitrogen and oxygen atoms in total. The van der Waals surface area contributed by atoms with E-state index in [9.17, 15) is 9.18 Å². The van der Waals surface area contributed by atoms with Crippen LogP contribution in [0.2, 0.25) is 0 Å². The molecule has 5 heteroatoms. The van der Waals surface area contributed by atoms with Gasteiger partial charge in [0.1, 0.15) is 5.82 Å². The summed E-state index contributed by atoms with van der Waals surface area (Å²) in [5.74, 6) is -1.31. The van der Waals surface area contributed by atoms with Gasteiger partial charge in [0.25, 0.3) is 0 Å². The lowest BCUT2D eigenvalue weighted by Gasteiger charge is -2.08. The predicted molar refractivity (Wildman–Crippen MR) is 76.2 cm³/mol. The Kier molecular flexibility index (Phi) is 4.52. The summed E-state index contributed by atoms with van der Waals surface area (Å²) in [6.45, 7) is 0.407. The van der Waals surface area contributed by atoms with E-state index in [1.54, 1.807) is 30.3 Å². The fraction of sp³-hybridized carbons (Fsp3) is 0.125. The second kappa shape index (κ2) is 6.53. The summed E-state index contributed by atoms with van der Waals surface area (Å²) >= 11 is 0. The fourth-order valence-electron chi connectivity index (χ4n) is 1.81. The molecule has 0 aliphatic carbocycles. The number of halogens is 1. The highest BCUT2D eigenvalue weighted by atomic mass is 19.1. The maximum atomic E-state index is 13.7. The summed E-state index contributed by atoms with van der Waals surface area (Å²) in [7, 11) is 1.21. The molecule has 0 bridgehead atoms. The zero-order valence-electron chi connectivity index (χ0n) is 11.4. The van der Waals surface area contributed by atoms with Crippen LogP contribution < -0.4 is 5.32 Å². The fourth-order valence-corrected chi connectivity index (χ4v) is 1.81. The highest BCUT2D eigenvalue weighted by Gasteiger charge is 2.12. The lowest BCUT2D eigenvalue weighted by atomic mass is 10.1. The van der Waals surface area contributed by atoms with Gasteiger partial charge in [-0.05, 0) is 42.0 Å². The first kappa shape index (κ1) is 14.5. The molecule has 2 aromatic rings. The summed E-state index contributed by atoms with van der Waals surface area (Å²) in [5, 5.41) is 11.8. The monoisotopic (exact) mass is 284 g/mol. The number of hydrogen-bond acceptors (Lipinski definition) is 4. The van der Waals surface area contributed by atoms with Gasteiger partial charge in [0.05, 0.1) is 24.3 Å². The van der Waals surface area contributed by atoms with Crippen molar-refractivity contribution in [1.82, 2.24) is 0 Å². The summed E-state index contributed by atoms with van der Waals surface area (Å²) in [4.78, 5) is 11.3. The van der Waals surface area contributed by atoms with Crippen LogP contribution in [0.25, 0.3) is 0 Å². The zero-order valence-corrected chi connectivity index (χ0v) is 11.4. The van der Waals surface area contributed by atoms with Crippen LogP contribution in [0.4, 0.5) is 10.1 Å². The summed E-state index contributed by atoms with van der Waals surface area (Å²) < 4.78 is 18.2. The van der Waals surface area contributed by atoms with Gasteiger partial charge in [0.15, 0.2) is 0 Å². The third kappa shape index (κ3) is 3.57. The number of anilines is 1. The van der Waals surface area contributed by atoms with Gasteiger partial charge in [0.2, 0.25) is 0 Å². The molecule has 0 spiro atoms. The molecule has 0 aliphatic rings. The van der Waals surface area contributed by atoms with Crippen molar-refractivity contribution in [3.8, 4) is 6.07 Å². The number of nitriles is 1. The van der Waals surface area contributed by atoms with E-state index in [1.807, 2.05) is 6.07 Å². The van der Waals surface area contributed by atoms with Gasteiger partial charge >= 0.3 is 5.97 Å². The Morgan fingerprint density at radius 2 is 2.00 bits per heavy atom. The smallest absolute Gasteiger partial charge is 0.340 e. The van der Waals surface area contributed by atoms with Crippen molar-refractivity contribution in [3.05, 3.63) is 65.0 Å². The van der Waals surface area contributed by atoms with E-state index >= 15 is 0 Å². The number of nitrogens with one attached hydrogen (secondary N) is 1. The molecule has 0 saturated carbocycles. The molecule has 1 N–H and O–H groups in total. The van der Waals surface area contributed by atoms with Crippen LogP contribution in [-0.2, 0) is 11.3 Å². The van der Waals surface area contributed by atoms with Crippen molar-refractivity contribution in [2.75, 3.05) is 12.4 Å². The topological polar surface area (TPSA) is 62.1 Å². The zero-order chi connectivity index (χ0) is 15.2. The molecular weight excluding hydrogens is 271 g/mol. The van der Waals surface area contributed by atoms with Gasteiger partial charge in [-0.1, -0.05) is 6.07 Å². The molecule has 2 aromatic carbocycles. The quantitative estimate of drug-likeness (QED) is 0.876. The van der Waals surface area contributed by atoms with E-state index in [1.165, 1.54) is 19.2 Å². The molecule has 21 heavy (non-hydrogen) atoms. The Hall–Kier alpha value is -2.87. The number of rotatable bonds is 4. The predicted octanol–water partition coefficient (Wildman–Crippen LogP) is 3.10. The molecule has 106 valence electrons. The average Bonchev–Trinajstić information content (AvgIpc) is 2.52. The number of hydrogen-bond donors (Lipinski definition) is 1. The Balaban J connectivity index is 2.05. The first-order chi connectivity index (χ1) is 10.1. The number of esters is 1. The van der Waals surface area contributed by atoms with Crippen molar-refractivity contribution in [2.45, 2.75) is 6.54 Å². The highest BCUT2D eigenvalue weighted by Crippen LogP contribution is 2.14. The molecule has 0 amide bonds. The average molecular weight is 284 g/mol. The summed E-state index contributed by atoms with van der Waals surface area (Å²) in [6, 6.07) is 13.3. The van der Waals surface area contributed by atoms with Gasteiger partial charge in [-0.15, -0.1) is 0 Å². The first-order valence-electron chi connectivity index (χ1n) is 6.25. The van der Waals surface area contributed by atoms with Crippen LogP contribution >= 0.6 is 0 Å². The maximum Gasteiger partial charge on any atom is 0.340 e. The number of carbonyl (C=O) groups excluding carboxylic acids is 1. The molecular formula is C16H13FN2O2. The standard InChI is InChI=1S/C16H13FN2O2/c1-21-16(20)14-7-4-12(8-15(14)17)10-19-13-5-2-11(9-18)3-6-13/h2-8,19H,10H2,1H3. The minimum atomic E-state index is -0.695. The second-order valence-electron chi connectivity index (χ2n) is 4.35. The third-order valence-corrected chi connectivity index (χ3v) is 2.95. The van der Waals surface area contributed by atoms with Crippen LogP contribution in [0.15, 0.2) is 42.5 Å². The van der Waals surface area contributed by atoms with E-state index < -0.39 is 11.8 Å². The van der Waals surface area contributed by atoms with E-state index in [0.29, 0.717) is 17.7 Å². The molecule has 0 heterocycles. The molecule has 0 unspecified atom stereocenters. The van der Waals surface area contributed by atoms with Gasteiger partial charge in [-0.3, -0.25) is 0 Å².